The normalized spacial score (nSPS) is 26.7. The van der Waals surface area contributed by atoms with E-state index in [2.05, 4.69) is 33.8 Å². The van der Waals surface area contributed by atoms with Crippen LogP contribution < -0.4 is 0 Å². The Bertz CT molecular complexity index is 565. The van der Waals surface area contributed by atoms with Gasteiger partial charge in [0, 0.05) is 33.0 Å². The molecule has 6 heteroatoms. The molecule has 2 saturated heterocycles. The van der Waals surface area contributed by atoms with E-state index in [1.54, 1.807) is 0 Å². The second-order valence-electron chi connectivity index (χ2n) is 7.70. The first-order chi connectivity index (χ1) is 11.5. The van der Waals surface area contributed by atoms with Gasteiger partial charge >= 0.3 is 0 Å². The first-order valence-corrected chi connectivity index (χ1v) is 9.31. The number of rotatable bonds is 4. The number of carbonyl (C=O) groups is 1. The van der Waals surface area contributed by atoms with E-state index in [-0.39, 0.29) is 5.41 Å². The van der Waals surface area contributed by atoms with E-state index in [4.69, 9.17) is 4.52 Å². The molecule has 24 heavy (non-hydrogen) atoms. The van der Waals surface area contributed by atoms with Crippen LogP contribution in [0.25, 0.3) is 0 Å². The first-order valence-electron chi connectivity index (χ1n) is 9.31. The van der Waals surface area contributed by atoms with Gasteiger partial charge in [-0.2, -0.15) is 4.98 Å². The zero-order chi connectivity index (χ0) is 17.2. The molecule has 3 rings (SSSR count). The molecular formula is C18H30N4O2. The summed E-state index contributed by atoms with van der Waals surface area (Å²) in [5.74, 6) is 2.34. The summed E-state index contributed by atoms with van der Waals surface area (Å²) in [7, 11) is 0. The molecule has 0 aromatic carbocycles. The summed E-state index contributed by atoms with van der Waals surface area (Å²) < 4.78 is 5.05. The van der Waals surface area contributed by atoms with Crippen molar-refractivity contribution in [2.45, 2.75) is 52.9 Å². The third-order valence-electron chi connectivity index (χ3n) is 5.68. The van der Waals surface area contributed by atoms with Crippen LogP contribution in [-0.2, 0) is 11.2 Å². The van der Waals surface area contributed by atoms with Crippen LogP contribution >= 0.6 is 0 Å². The molecule has 1 amide bonds. The molecule has 1 aromatic heterocycles. The molecule has 0 saturated carbocycles. The highest BCUT2D eigenvalue weighted by molar-refractivity contribution is 5.82. The Morgan fingerprint density at radius 3 is 2.71 bits per heavy atom. The largest absolute Gasteiger partial charge is 0.342 e. The van der Waals surface area contributed by atoms with Crippen molar-refractivity contribution in [3.63, 3.8) is 0 Å². The highest BCUT2D eigenvalue weighted by Crippen LogP contribution is 2.33. The van der Waals surface area contributed by atoms with Gasteiger partial charge in [-0.1, -0.05) is 12.1 Å². The molecule has 0 aliphatic carbocycles. The number of aromatic nitrogens is 2. The predicted octanol–water partition coefficient (Wildman–Crippen LogP) is 2.28. The van der Waals surface area contributed by atoms with Gasteiger partial charge in [0.25, 0.3) is 0 Å². The Labute approximate surface area is 144 Å². The van der Waals surface area contributed by atoms with Gasteiger partial charge in [-0.15, -0.1) is 0 Å². The number of piperidine rings is 2. The second-order valence-corrected chi connectivity index (χ2v) is 7.70. The fourth-order valence-corrected chi connectivity index (χ4v) is 4.19. The molecule has 1 unspecified atom stereocenters. The summed E-state index contributed by atoms with van der Waals surface area (Å²) >= 11 is 0. The van der Waals surface area contributed by atoms with Crippen LogP contribution in [-0.4, -0.2) is 58.6 Å². The Morgan fingerprint density at radius 2 is 2.08 bits per heavy atom. The zero-order valence-corrected chi connectivity index (χ0v) is 15.3. The zero-order valence-electron chi connectivity index (χ0n) is 15.3. The molecule has 3 heterocycles. The molecule has 2 fully saturated rings. The minimum absolute atomic E-state index is 0.203. The van der Waals surface area contributed by atoms with Gasteiger partial charge in [0.1, 0.15) is 0 Å². The minimum atomic E-state index is -0.203. The monoisotopic (exact) mass is 334 g/mol. The predicted molar refractivity (Wildman–Crippen MR) is 91.5 cm³/mol. The molecule has 0 spiro atoms. The van der Waals surface area contributed by atoms with Gasteiger partial charge in [0.2, 0.25) is 11.8 Å². The molecule has 2 aliphatic heterocycles. The van der Waals surface area contributed by atoms with Crippen molar-refractivity contribution in [3.05, 3.63) is 11.7 Å². The van der Waals surface area contributed by atoms with Crippen molar-refractivity contribution in [3.8, 4) is 0 Å². The lowest BCUT2D eigenvalue weighted by Crippen LogP contribution is -2.53. The summed E-state index contributed by atoms with van der Waals surface area (Å²) in [6.45, 7) is 11.0. The van der Waals surface area contributed by atoms with E-state index in [0.717, 1.165) is 70.7 Å². The molecule has 0 radical (unpaired) electrons. The molecule has 134 valence electrons. The van der Waals surface area contributed by atoms with Gasteiger partial charge in [0.15, 0.2) is 5.82 Å². The number of nitrogens with zero attached hydrogens (tertiary/aromatic N) is 4. The third kappa shape index (κ3) is 3.79. The molecular weight excluding hydrogens is 304 g/mol. The summed E-state index contributed by atoms with van der Waals surface area (Å²) in [5.41, 5.74) is -0.203. The van der Waals surface area contributed by atoms with E-state index < -0.39 is 0 Å². The highest BCUT2D eigenvalue weighted by atomic mass is 16.5. The van der Waals surface area contributed by atoms with Crippen LogP contribution in [0.3, 0.4) is 0 Å². The summed E-state index contributed by atoms with van der Waals surface area (Å²) in [6.07, 6.45) is 5.08. The van der Waals surface area contributed by atoms with Crippen molar-refractivity contribution < 1.29 is 9.32 Å². The summed E-state index contributed by atoms with van der Waals surface area (Å²) in [6, 6.07) is 0. The van der Waals surface area contributed by atoms with Crippen LogP contribution in [0.4, 0.5) is 0 Å². The second kappa shape index (κ2) is 7.21. The van der Waals surface area contributed by atoms with Crippen LogP contribution in [0.15, 0.2) is 4.52 Å². The molecule has 1 atom stereocenters. The van der Waals surface area contributed by atoms with E-state index in [1.807, 2.05) is 6.92 Å². The SMILES string of the molecule is CCN1CCCC(C)(C(=O)N2CCC(Cc3noc(C)n3)CC2)C1. The number of aryl methyl sites for hydroxylation is 1. The van der Waals surface area contributed by atoms with Crippen molar-refractivity contribution in [2.24, 2.45) is 11.3 Å². The maximum Gasteiger partial charge on any atom is 0.229 e. The van der Waals surface area contributed by atoms with E-state index in [1.165, 1.54) is 0 Å². The van der Waals surface area contributed by atoms with Crippen LogP contribution in [0, 0.1) is 18.3 Å². The molecule has 0 N–H and O–H groups in total. The van der Waals surface area contributed by atoms with Crippen LogP contribution in [0.1, 0.15) is 51.2 Å². The minimum Gasteiger partial charge on any atom is -0.342 e. The van der Waals surface area contributed by atoms with Crippen LogP contribution in [0.2, 0.25) is 0 Å². The fraction of sp³-hybridized carbons (Fsp3) is 0.833. The van der Waals surface area contributed by atoms with Crippen molar-refractivity contribution in [2.75, 3.05) is 32.7 Å². The van der Waals surface area contributed by atoms with Crippen molar-refractivity contribution >= 4 is 5.91 Å². The number of hydrogen-bond acceptors (Lipinski definition) is 5. The maximum absolute atomic E-state index is 13.1. The smallest absolute Gasteiger partial charge is 0.229 e. The van der Waals surface area contributed by atoms with Crippen LogP contribution in [0.5, 0.6) is 0 Å². The average Bonchev–Trinajstić information content (AvgIpc) is 3.00. The number of amides is 1. The Balaban J connectivity index is 1.53. The van der Waals surface area contributed by atoms with E-state index >= 15 is 0 Å². The lowest BCUT2D eigenvalue weighted by Gasteiger charge is -2.43. The molecule has 2 aliphatic rings. The van der Waals surface area contributed by atoms with E-state index in [0.29, 0.717) is 17.7 Å². The highest BCUT2D eigenvalue weighted by Gasteiger charge is 2.40. The molecule has 0 bridgehead atoms. The number of carbonyl (C=O) groups excluding carboxylic acids is 1. The van der Waals surface area contributed by atoms with Gasteiger partial charge in [0.05, 0.1) is 5.41 Å². The lowest BCUT2D eigenvalue weighted by atomic mass is 9.79. The number of likely N-dealkylation sites (tertiary alicyclic amines) is 2. The molecule has 6 nitrogen and oxygen atoms in total. The lowest BCUT2D eigenvalue weighted by molar-refractivity contribution is -0.145. The standard InChI is InChI=1S/C18H30N4O2/c1-4-21-9-5-8-18(3,13-21)17(23)22-10-6-15(7-11-22)12-16-19-14(2)24-20-16/h15H,4-13H2,1-3H3. The van der Waals surface area contributed by atoms with Crippen molar-refractivity contribution in [1.29, 1.82) is 0 Å². The summed E-state index contributed by atoms with van der Waals surface area (Å²) in [5, 5.41) is 3.99. The van der Waals surface area contributed by atoms with Gasteiger partial charge in [-0.3, -0.25) is 4.79 Å². The fourth-order valence-electron chi connectivity index (χ4n) is 4.19. The molecule has 1 aromatic rings. The quantitative estimate of drug-likeness (QED) is 0.845. The van der Waals surface area contributed by atoms with Crippen molar-refractivity contribution in [1.82, 2.24) is 19.9 Å². The topological polar surface area (TPSA) is 62.5 Å². The first kappa shape index (κ1) is 17.4. The van der Waals surface area contributed by atoms with Gasteiger partial charge in [-0.05, 0) is 51.6 Å². The third-order valence-corrected chi connectivity index (χ3v) is 5.68. The Kier molecular flexibility index (Phi) is 5.23. The van der Waals surface area contributed by atoms with Gasteiger partial charge < -0.3 is 14.3 Å². The van der Waals surface area contributed by atoms with E-state index in [9.17, 15) is 4.79 Å². The average molecular weight is 334 g/mol. The van der Waals surface area contributed by atoms with Gasteiger partial charge in [-0.25, -0.2) is 0 Å². The summed E-state index contributed by atoms with van der Waals surface area (Å²) in [4.78, 5) is 21.9. The number of hydrogen-bond donors (Lipinski definition) is 0. The Hall–Kier alpha value is -1.43. The Morgan fingerprint density at radius 1 is 1.33 bits per heavy atom. The maximum atomic E-state index is 13.1.